The van der Waals surface area contributed by atoms with Crippen molar-refractivity contribution in [2.45, 2.75) is 32.3 Å². The average Bonchev–Trinajstić information content (AvgIpc) is 2.40. The van der Waals surface area contributed by atoms with Gasteiger partial charge in [-0.15, -0.1) is 0 Å². The summed E-state index contributed by atoms with van der Waals surface area (Å²) < 4.78 is 11.1. The lowest BCUT2D eigenvalue weighted by atomic mass is 9.95. The Bertz CT molecular complexity index is 403. The summed E-state index contributed by atoms with van der Waals surface area (Å²) >= 11 is 0. The van der Waals surface area contributed by atoms with Gasteiger partial charge in [-0.25, -0.2) is 0 Å². The number of benzene rings is 1. The van der Waals surface area contributed by atoms with Gasteiger partial charge in [0.15, 0.2) is 0 Å². The molecule has 20 heavy (non-hydrogen) atoms. The predicted molar refractivity (Wildman–Crippen MR) is 79.4 cm³/mol. The summed E-state index contributed by atoms with van der Waals surface area (Å²) in [5.41, 5.74) is -0.544. The van der Waals surface area contributed by atoms with Gasteiger partial charge in [0.25, 0.3) is 0 Å². The Labute approximate surface area is 121 Å². The zero-order chi connectivity index (χ0) is 14.4. The van der Waals surface area contributed by atoms with E-state index in [1.807, 2.05) is 38.1 Å². The van der Waals surface area contributed by atoms with Gasteiger partial charge < -0.3 is 14.6 Å². The number of aliphatic hydroxyl groups is 1. The fourth-order valence-corrected chi connectivity index (χ4v) is 2.61. The molecule has 0 aliphatic carbocycles. The smallest absolute Gasteiger partial charge is 0.119 e. The second-order valence-corrected chi connectivity index (χ2v) is 5.63. The Balaban J connectivity index is 1.72. The van der Waals surface area contributed by atoms with E-state index in [1.165, 1.54) is 0 Å². The fourth-order valence-electron chi connectivity index (χ4n) is 2.61. The summed E-state index contributed by atoms with van der Waals surface area (Å²) in [5.74, 6) is 1.73. The molecule has 112 valence electrons. The minimum atomic E-state index is -0.544. The zero-order valence-electron chi connectivity index (χ0n) is 12.5. The molecule has 1 saturated heterocycles. The minimum absolute atomic E-state index is 0.544. The summed E-state index contributed by atoms with van der Waals surface area (Å²) in [6.45, 7) is 7.83. The molecule has 4 nitrogen and oxygen atoms in total. The molecular weight excluding hydrogens is 254 g/mol. The number of β-amino-alcohol motifs (C(OH)–C–C–N with tert-alkyl or cyclic N) is 1. The number of likely N-dealkylation sites (tertiary alicyclic amines) is 1. The monoisotopic (exact) mass is 279 g/mol. The Hall–Kier alpha value is -1.26. The van der Waals surface area contributed by atoms with Crippen LogP contribution in [-0.4, -0.2) is 48.5 Å². The van der Waals surface area contributed by atoms with E-state index in [1.54, 1.807) is 0 Å². The molecule has 0 bridgehead atoms. The molecule has 1 N–H and O–H groups in total. The molecule has 1 aliphatic rings. The normalized spacial score (nSPS) is 23.6. The van der Waals surface area contributed by atoms with Crippen molar-refractivity contribution >= 4 is 0 Å². The highest BCUT2D eigenvalue weighted by molar-refractivity contribution is 5.31. The number of hydrogen-bond donors (Lipinski definition) is 1. The average molecular weight is 279 g/mol. The second kappa shape index (κ2) is 6.95. The van der Waals surface area contributed by atoms with E-state index in [0.29, 0.717) is 13.2 Å². The number of rotatable bonds is 6. The van der Waals surface area contributed by atoms with Crippen molar-refractivity contribution in [1.82, 2.24) is 4.90 Å². The van der Waals surface area contributed by atoms with E-state index >= 15 is 0 Å². The predicted octanol–water partition coefficient (Wildman–Crippen LogP) is 2.31. The lowest BCUT2D eigenvalue weighted by Gasteiger charge is -2.36. The maximum Gasteiger partial charge on any atom is 0.119 e. The van der Waals surface area contributed by atoms with E-state index in [0.717, 1.165) is 44.0 Å². The van der Waals surface area contributed by atoms with Crippen LogP contribution in [0.1, 0.15) is 26.7 Å². The first-order valence-electron chi connectivity index (χ1n) is 7.39. The van der Waals surface area contributed by atoms with Gasteiger partial charge >= 0.3 is 0 Å². The molecule has 1 fully saturated rings. The van der Waals surface area contributed by atoms with Crippen LogP contribution in [-0.2, 0) is 0 Å². The molecule has 1 heterocycles. The zero-order valence-corrected chi connectivity index (χ0v) is 12.5. The van der Waals surface area contributed by atoms with Gasteiger partial charge in [0.1, 0.15) is 18.1 Å². The van der Waals surface area contributed by atoms with Crippen LogP contribution in [0.25, 0.3) is 0 Å². The van der Waals surface area contributed by atoms with Crippen molar-refractivity contribution in [2.24, 2.45) is 0 Å². The van der Waals surface area contributed by atoms with Crippen LogP contribution in [0.4, 0.5) is 0 Å². The van der Waals surface area contributed by atoms with Gasteiger partial charge in [0, 0.05) is 13.1 Å². The number of ether oxygens (including phenoxy) is 2. The van der Waals surface area contributed by atoms with Crippen molar-refractivity contribution in [1.29, 1.82) is 0 Å². The second-order valence-electron chi connectivity index (χ2n) is 5.63. The molecule has 0 spiro atoms. The molecule has 0 aromatic heterocycles. The largest absolute Gasteiger partial charge is 0.494 e. The summed E-state index contributed by atoms with van der Waals surface area (Å²) in [6.07, 6.45) is 1.94. The molecule has 4 heteroatoms. The summed E-state index contributed by atoms with van der Waals surface area (Å²) in [7, 11) is 0. The van der Waals surface area contributed by atoms with E-state index < -0.39 is 5.60 Å². The highest BCUT2D eigenvalue weighted by atomic mass is 16.5. The van der Waals surface area contributed by atoms with Crippen LogP contribution >= 0.6 is 0 Å². The first-order valence-corrected chi connectivity index (χ1v) is 7.39. The minimum Gasteiger partial charge on any atom is -0.494 e. The number of piperidine rings is 1. The van der Waals surface area contributed by atoms with E-state index in [4.69, 9.17) is 9.47 Å². The quantitative estimate of drug-likeness (QED) is 0.867. The molecule has 0 saturated carbocycles. The first-order chi connectivity index (χ1) is 9.59. The Kier molecular flexibility index (Phi) is 5.26. The third-order valence-electron chi connectivity index (χ3n) is 3.56. The molecule has 1 aromatic rings. The molecule has 1 aliphatic heterocycles. The molecular formula is C16H25NO3. The van der Waals surface area contributed by atoms with Crippen molar-refractivity contribution in [3.63, 3.8) is 0 Å². The standard InChI is InChI=1S/C16H25NO3/c1-3-19-14-5-7-15(8-6-14)20-12-11-17-10-4-9-16(2,18)13-17/h5-8,18H,3-4,9-13H2,1-2H3. The lowest BCUT2D eigenvalue weighted by molar-refractivity contribution is -0.0183. The topological polar surface area (TPSA) is 41.9 Å². The van der Waals surface area contributed by atoms with E-state index in [9.17, 15) is 5.11 Å². The van der Waals surface area contributed by atoms with Gasteiger partial charge in [-0.1, -0.05) is 0 Å². The SMILES string of the molecule is CCOc1ccc(OCCN2CCCC(C)(O)C2)cc1. The van der Waals surface area contributed by atoms with E-state index in [2.05, 4.69) is 4.90 Å². The van der Waals surface area contributed by atoms with Crippen LogP contribution in [0.5, 0.6) is 11.5 Å². The highest BCUT2D eigenvalue weighted by Crippen LogP contribution is 2.20. The fraction of sp³-hybridized carbons (Fsp3) is 0.625. The van der Waals surface area contributed by atoms with Gasteiger partial charge in [-0.2, -0.15) is 0 Å². The Morgan fingerprint density at radius 3 is 2.45 bits per heavy atom. The van der Waals surface area contributed by atoms with Crippen molar-refractivity contribution in [3.8, 4) is 11.5 Å². The van der Waals surface area contributed by atoms with Crippen molar-refractivity contribution < 1.29 is 14.6 Å². The molecule has 0 amide bonds. The van der Waals surface area contributed by atoms with Gasteiger partial charge in [-0.3, -0.25) is 4.90 Å². The highest BCUT2D eigenvalue weighted by Gasteiger charge is 2.27. The molecule has 2 rings (SSSR count). The van der Waals surface area contributed by atoms with Gasteiger partial charge in [-0.05, 0) is 57.5 Å². The van der Waals surface area contributed by atoms with Crippen LogP contribution in [0.3, 0.4) is 0 Å². The summed E-state index contributed by atoms with van der Waals surface area (Å²) in [6, 6.07) is 7.70. The Morgan fingerprint density at radius 1 is 1.20 bits per heavy atom. The molecule has 1 atom stereocenters. The van der Waals surface area contributed by atoms with Crippen molar-refractivity contribution in [3.05, 3.63) is 24.3 Å². The van der Waals surface area contributed by atoms with Gasteiger partial charge in [0.05, 0.1) is 12.2 Å². The molecule has 1 aromatic carbocycles. The number of hydrogen-bond acceptors (Lipinski definition) is 4. The third kappa shape index (κ3) is 4.69. The summed E-state index contributed by atoms with van der Waals surface area (Å²) in [5, 5.41) is 10.0. The molecule has 1 unspecified atom stereocenters. The lowest BCUT2D eigenvalue weighted by Crippen LogP contribution is -2.47. The van der Waals surface area contributed by atoms with Crippen LogP contribution in [0.2, 0.25) is 0 Å². The number of nitrogens with zero attached hydrogens (tertiary/aromatic N) is 1. The van der Waals surface area contributed by atoms with Crippen LogP contribution in [0.15, 0.2) is 24.3 Å². The van der Waals surface area contributed by atoms with Gasteiger partial charge in [0.2, 0.25) is 0 Å². The maximum atomic E-state index is 10.0. The van der Waals surface area contributed by atoms with Crippen LogP contribution < -0.4 is 9.47 Å². The molecule has 0 radical (unpaired) electrons. The van der Waals surface area contributed by atoms with Crippen molar-refractivity contribution in [2.75, 3.05) is 32.8 Å². The first kappa shape index (κ1) is 15.1. The van der Waals surface area contributed by atoms with Crippen LogP contribution in [0, 0.1) is 0 Å². The maximum absolute atomic E-state index is 10.0. The summed E-state index contributed by atoms with van der Waals surface area (Å²) in [4.78, 5) is 2.26. The van der Waals surface area contributed by atoms with E-state index in [-0.39, 0.29) is 0 Å². The third-order valence-corrected chi connectivity index (χ3v) is 3.56. The Morgan fingerprint density at radius 2 is 1.85 bits per heavy atom.